The van der Waals surface area contributed by atoms with Crippen molar-refractivity contribution in [1.82, 2.24) is 4.98 Å². The van der Waals surface area contributed by atoms with Gasteiger partial charge in [0.15, 0.2) is 0 Å². The molecule has 0 aliphatic carbocycles. The first kappa shape index (κ1) is 14.0. The lowest BCUT2D eigenvalue weighted by Gasteiger charge is -2.33. The maximum Gasteiger partial charge on any atom is 0.328 e. The highest BCUT2D eigenvalue weighted by Crippen LogP contribution is 2.26. The summed E-state index contributed by atoms with van der Waals surface area (Å²) >= 11 is 0. The molecule has 1 heterocycles. The van der Waals surface area contributed by atoms with Crippen LogP contribution in [0.4, 0.5) is 5.82 Å². The quantitative estimate of drug-likeness (QED) is 0.882. The summed E-state index contributed by atoms with van der Waals surface area (Å²) in [5, 5.41) is 18.4. The Morgan fingerprint density at radius 3 is 2.50 bits per heavy atom. The Morgan fingerprint density at radius 1 is 1.50 bits per heavy atom. The molecule has 0 spiro atoms. The molecule has 1 aromatic heterocycles. The summed E-state index contributed by atoms with van der Waals surface area (Å²) < 4.78 is 0. The predicted octanol–water partition coefficient (Wildman–Crippen LogP) is 1.87. The van der Waals surface area contributed by atoms with E-state index in [0.29, 0.717) is 11.4 Å². The molecule has 5 nitrogen and oxygen atoms in total. The minimum Gasteiger partial charge on any atom is -0.480 e. The van der Waals surface area contributed by atoms with Crippen LogP contribution in [-0.4, -0.2) is 28.6 Å². The number of aliphatic carboxylic acids is 1. The van der Waals surface area contributed by atoms with E-state index in [1.54, 1.807) is 20.9 Å². The van der Waals surface area contributed by atoms with E-state index >= 15 is 0 Å². The highest BCUT2D eigenvalue weighted by molar-refractivity contribution is 5.82. The van der Waals surface area contributed by atoms with Crippen molar-refractivity contribution in [2.24, 2.45) is 0 Å². The molecule has 0 fully saturated rings. The largest absolute Gasteiger partial charge is 0.480 e. The number of hydrogen-bond donors (Lipinski definition) is 1. The Balaban J connectivity index is 3.43. The van der Waals surface area contributed by atoms with Gasteiger partial charge < -0.3 is 10.0 Å². The molecular weight excluding hydrogens is 230 g/mol. The Hall–Kier alpha value is -2.09. The van der Waals surface area contributed by atoms with Crippen LogP contribution in [0.15, 0.2) is 6.07 Å². The first-order valence-electron chi connectivity index (χ1n) is 5.57. The average Bonchev–Trinajstić information content (AvgIpc) is 2.26. The van der Waals surface area contributed by atoms with Crippen LogP contribution in [0.1, 0.15) is 30.7 Å². The highest BCUT2D eigenvalue weighted by Gasteiger charge is 2.34. The number of nitrogens with zero attached hydrogens (tertiary/aromatic N) is 3. The topological polar surface area (TPSA) is 77.2 Å². The van der Waals surface area contributed by atoms with Crippen molar-refractivity contribution in [3.8, 4) is 6.07 Å². The summed E-state index contributed by atoms with van der Waals surface area (Å²) in [6, 6.07) is 3.90. The average molecular weight is 247 g/mol. The fraction of sp³-hybridized carbons (Fsp3) is 0.462. The van der Waals surface area contributed by atoms with Gasteiger partial charge in [-0.1, -0.05) is 0 Å². The molecule has 18 heavy (non-hydrogen) atoms. The number of carbonyl (C=O) groups is 1. The summed E-state index contributed by atoms with van der Waals surface area (Å²) in [5.41, 5.74) is 0.846. The predicted molar refractivity (Wildman–Crippen MR) is 68.5 cm³/mol. The number of anilines is 1. The zero-order valence-corrected chi connectivity index (χ0v) is 11.3. The number of nitriles is 1. The van der Waals surface area contributed by atoms with Crippen LogP contribution in [0.25, 0.3) is 0 Å². The molecule has 0 amide bonds. The van der Waals surface area contributed by atoms with E-state index < -0.39 is 11.5 Å². The van der Waals surface area contributed by atoms with Gasteiger partial charge in [-0.3, -0.25) is 0 Å². The van der Waals surface area contributed by atoms with Crippen molar-refractivity contribution in [3.63, 3.8) is 0 Å². The summed E-state index contributed by atoms with van der Waals surface area (Å²) in [6.45, 7) is 6.79. The number of carboxylic acid groups (broad SMARTS) is 1. The van der Waals surface area contributed by atoms with Gasteiger partial charge in [0.2, 0.25) is 0 Å². The van der Waals surface area contributed by atoms with Crippen molar-refractivity contribution >= 4 is 11.8 Å². The Kier molecular flexibility index (Phi) is 3.61. The molecule has 0 aliphatic heterocycles. The van der Waals surface area contributed by atoms with Crippen LogP contribution in [0.3, 0.4) is 0 Å². The maximum absolute atomic E-state index is 11.3. The molecule has 0 saturated carbocycles. The number of likely N-dealkylation sites (N-methyl/N-ethyl adjacent to an activating group) is 1. The van der Waals surface area contributed by atoms with Gasteiger partial charge in [0.05, 0.1) is 5.56 Å². The van der Waals surface area contributed by atoms with Crippen molar-refractivity contribution in [2.75, 3.05) is 11.9 Å². The minimum atomic E-state index is -1.13. The van der Waals surface area contributed by atoms with E-state index in [1.807, 2.05) is 19.9 Å². The Morgan fingerprint density at radius 2 is 2.06 bits per heavy atom. The van der Waals surface area contributed by atoms with Crippen molar-refractivity contribution < 1.29 is 9.90 Å². The van der Waals surface area contributed by atoms with Crippen molar-refractivity contribution in [1.29, 1.82) is 5.26 Å². The summed E-state index contributed by atoms with van der Waals surface area (Å²) in [6.07, 6.45) is 0. The summed E-state index contributed by atoms with van der Waals surface area (Å²) in [4.78, 5) is 17.1. The first-order valence-corrected chi connectivity index (χ1v) is 5.57. The van der Waals surface area contributed by atoms with Crippen LogP contribution in [0.5, 0.6) is 0 Å². The molecule has 0 radical (unpaired) electrons. The van der Waals surface area contributed by atoms with Crippen molar-refractivity contribution in [3.05, 3.63) is 22.9 Å². The molecular formula is C13H17N3O2. The molecule has 0 aliphatic rings. The molecule has 0 atom stereocenters. The van der Waals surface area contributed by atoms with E-state index in [0.717, 1.165) is 11.3 Å². The third-order valence-electron chi connectivity index (χ3n) is 3.12. The molecule has 0 saturated heterocycles. The second-order valence-electron chi connectivity index (χ2n) is 4.81. The van der Waals surface area contributed by atoms with Crippen LogP contribution in [0, 0.1) is 25.2 Å². The molecule has 96 valence electrons. The van der Waals surface area contributed by atoms with Gasteiger partial charge in [0.25, 0.3) is 0 Å². The number of rotatable bonds is 3. The number of aryl methyl sites for hydroxylation is 2. The van der Waals surface area contributed by atoms with E-state index in [1.165, 1.54) is 4.90 Å². The molecule has 0 bridgehead atoms. The summed E-state index contributed by atoms with van der Waals surface area (Å²) in [7, 11) is 1.64. The van der Waals surface area contributed by atoms with Gasteiger partial charge >= 0.3 is 5.97 Å². The normalized spacial score (nSPS) is 10.9. The second-order valence-corrected chi connectivity index (χ2v) is 4.81. The zero-order chi connectivity index (χ0) is 14.1. The van der Waals surface area contributed by atoms with Crippen LogP contribution >= 0.6 is 0 Å². The monoisotopic (exact) mass is 247 g/mol. The van der Waals surface area contributed by atoms with Gasteiger partial charge in [0, 0.05) is 12.7 Å². The third kappa shape index (κ3) is 2.28. The van der Waals surface area contributed by atoms with Crippen LogP contribution in [-0.2, 0) is 4.79 Å². The molecule has 1 aromatic rings. The lowest BCUT2D eigenvalue weighted by molar-refractivity contribution is -0.142. The minimum absolute atomic E-state index is 0.405. The zero-order valence-electron chi connectivity index (χ0n) is 11.3. The lowest BCUT2D eigenvalue weighted by atomic mass is 10.0. The fourth-order valence-electron chi connectivity index (χ4n) is 1.61. The second kappa shape index (κ2) is 4.65. The van der Waals surface area contributed by atoms with E-state index in [4.69, 9.17) is 0 Å². The maximum atomic E-state index is 11.3. The van der Waals surface area contributed by atoms with E-state index in [9.17, 15) is 15.2 Å². The first-order chi connectivity index (χ1) is 8.21. The molecule has 1 N–H and O–H groups in total. The van der Waals surface area contributed by atoms with Crippen molar-refractivity contribution in [2.45, 2.75) is 33.2 Å². The lowest BCUT2D eigenvalue weighted by Crippen LogP contribution is -2.48. The molecule has 1 rings (SSSR count). The van der Waals surface area contributed by atoms with E-state index in [2.05, 4.69) is 11.1 Å². The standard InChI is InChI=1S/C13H17N3O2/c1-8-6-9(2)15-11(10(8)7-14)16(5)13(3,4)12(17)18/h6H,1-5H3,(H,17,18). The van der Waals surface area contributed by atoms with Gasteiger partial charge in [-0.2, -0.15) is 5.26 Å². The smallest absolute Gasteiger partial charge is 0.328 e. The van der Waals surface area contributed by atoms with Gasteiger partial charge in [0.1, 0.15) is 17.4 Å². The summed E-state index contributed by atoms with van der Waals surface area (Å²) in [5.74, 6) is -0.558. The van der Waals surface area contributed by atoms with Gasteiger partial charge in [-0.25, -0.2) is 9.78 Å². The van der Waals surface area contributed by atoms with Crippen LogP contribution < -0.4 is 4.90 Å². The number of aromatic nitrogens is 1. The fourth-order valence-corrected chi connectivity index (χ4v) is 1.61. The Bertz CT molecular complexity index is 530. The van der Waals surface area contributed by atoms with Gasteiger partial charge in [-0.15, -0.1) is 0 Å². The molecule has 0 aromatic carbocycles. The highest BCUT2D eigenvalue weighted by atomic mass is 16.4. The number of carboxylic acids is 1. The number of pyridine rings is 1. The van der Waals surface area contributed by atoms with Gasteiger partial charge in [-0.05, 0) is 39.3 Å². The van der Waals surface area contributed by atoms with Crippen LogP contribution in [0.2, 0.25) is 0 Å². The third-order valence-corrected chi connectivity index (χ3v) is 3.12. The Labute approximate surface area is 107 Å². The van der Waals surface area contributed by atoms with E-state index in [-0.39, 0.29) is 0 Å². The number of hydrogen-bond acceptors (Lipinski definition) is 4. The molecule has 5 heteroatoms. The molecule has 0 unspecified atom stereocenters. The SMILES string of the molecule is Cc1cc(C)c(C#N)c(N(C)C(C)(C)C(=O)O)n1.